The summed E-state index contributed by atoms with van der Waals surface area (Å²) < 4.78 is 0. The summed E-state index contributed by atoms with van der Waals surface area (Å²) in [6.45, 7) is 8.63. The van der Waals surface area contributed by atoms with Crippen LogP contribution in [-0.4, -0.2) is 12.5 Å². The van der Waals surface area contributed by atoms with Crippen molar-refractivity contribution in [3.63, 3.8) is 0 Å². The highest BCUT2D eigenvalue weighted by Crippen LogP contribution is 2.31. The van der Waals surface area contributed by atoms with Gasteiger partial charge in [0.2, 0.25) is 5.91 Å². The zero-order chi connectivity index (χ0) is 12.7. The fraction of sp³-hybridized carbons (Fsp3) is 0.800. The lowest BCUT2D eigenvalue weighted by molar-refractivity contribution is -0.126. The molecule has 2 nitrogen and oxygen atoms in total. The van der Waals surface area contributed by atoms with E-state index >= 15 is 0 Å². The van der Waals surface area contributed by atoms with Crippen molar-refractivity contribution in [1.29, 1.82) is 0 Å². The number of amides is 1. The highest BCUT2D eigenvalue weighted by molar-refractivity contribution is 5.78. The van der Waals surface area contributed by atoms with E-state index in [1.165, 1.54) is 32.1 Å². The number of rotatable bonds is 6. The number of hydrogen-bond donors (Lipinski definition) is 1. The minimum atomic E-state index is 0.238. The molecule has 0 bridgehead atoms. The fourth-order valence-electron chi connectivity index (χ4n) is 2.59. The second kappa shape index (κ2) is 7.52. The van der Waals surface area contributed by atoms with Gasteiger partial charge in [0, 0.05) is 12.5 Å². The van der Waals surface area contributed by atoms with Gasteiger partial charge in [-0.3, -0.25) is 4.79 Å². The smallest absolute Gasteiger partial charge is 0.223 e. The van der Waals surface area contributed by atoms with E-state index in [0.717, 1.165) is 24.3 Å². The van der Waals surface area contributed by atoms with Crippen LogP contribution in [0.25, 0.3) is 0 Å². The molecule has 0 aromatic heterocycles. The van der Waals surface area contributed by atoms with E-state index in [-0.39, 0.29) is 11.8 Å². The van der Waals surface area contributed by atoms with E-state index in [0.29, 0.717) is 6.54 Å². The van der Waals surface area contributed by atoms with E-state index in [9.17, 15) is 4.79 Å². The van der Waals surface area contributed by atoms with Crippen LogP contribution in [0.4, 0.5) is 0 Å². The van der Waals surface area contributed by atoms with Crippen molar-refractivity contribution >= 4 is 5.91 Å². The Balaban J connectivity index is 2.21. The van der Waals surface area contributed by atoms with Crippen LogP contribution in [0.15, 0.2) is 12.2 Å². The zero-order valence-electron chi connectivity index (χ0n) is 11.4. The Kier molecular flexibility index (Phi) is 6.31. The molecule has 1 rings (SSSR count). The lowest BCUT2D eigenvalue weighted by atomic mass is 9.79. The summed E-state index contributed by atoms with van der Waals surface area (Å²) in [5, 5.41) is 2.97. The first-order chi connectivity index (χ1) is 8.13. The van der Waals surface area contributed by atoms with Gasteiger partial charge in [0.1, 0.15) is 0 Å². The second-order valence-electron chi connectivity index (χ2n) is 5.53. The summed E-state index contributed by atoms with van der Waals surface area (Å²) >= 11 is 0. The molecule has 98 valence electrons. The Morgan fingerprint density at radius 1 is 1.29 bits per heavy atom. The minimum Gasteiger partial charge on any atom is -0.352 e. The predicted molar refractivity (Wildman–Crippen MR) is 72.8 cm³/mol. The molecule has 1 saturated carbocycles. The summed E-state index contributed by atoms with van der Waals surface area (Å²) in [6.07, 6.45) is 8.63. The summed E-state index contributed by atoms with van der Waals surface area (Å²) in [7, 11) is 0. The Bertz CT molecular complexity index is 252. The average molecular weight is 237 g/mol. The van der Waals surface area contributed by atoms with Gasteiger partial charge in [-0.25, -0.2) is 0 Å². The maximum atomic E-state index is 11.9. The molecule has 0 heterocycles. The monoisotopic (exact) mass is 237 g/mol. The molecule has 2 heteroatoms. The second-order valence-corrected chi connectivity index (χ2v) is 5.53. The molecule has 1 amide bonds. The maximum absolute atomic E-state index is 11.9. The van der Waals surface area contributed by atoms with Crippen LogP contribution < -0.4 is 5.32 Å². The molecule has 1 aliphatic rings. The van der Waals surface area contributed by atoms with Gasteiger partial charge < -0.3 is 5.32 Å². The molecule has 0 aliphatic heterocycles. The van der Waals surface area contributed by atoms with Crippen LogP contribution >= 0.6 is 0 Å². The zero-order valence-corrected chi connectivity index (χ0v) is 11.4. The summed E-state index contributed by atoms with van der Waals surface area (Å²) in [4.78, 5) is 11.9. The first-order valence-electron chi connectivity index (χ1n) is 7.05. The Labute approximate surface area is 106 Å². The van der Waals surface area contributed by atoms with Crippen molar-refractivity contribution in [2.75, 3.05) is 6.54 Å². The van der Waals surface area contributed by atoms with Gasteiger partial charge in [-0.15, -0.1) is 0 Å². The van der Waals surface area contributed by atoms with Crippen LogP contribution in [-0.2, 0) is 4.79 Å². The maximum Gasteiger partial charge on any atom is 0.223 e. The molecule has 1 fully saturated rings. The van der Waals surface area contributed by atoms with E-state index in [1.54, 1.807) is 0 Å². The number of nitrogens with one attached hydrogen (secondary N) is 1. The lowest BCUT2D eigenvalue weighted by Gasteiger charge is -2.27. The van der Waals surface area contributed by atoms with Gasteiger partial charge in [-0.05, 0) is 38.5 Å². The van der Waals surface area contributed by atoms with E-state index in [2.05, 4.69) is 18.8 Å². The van der Waals surface area contributed by atoms with Crippen molar-refractivity contribution in [2.45, 2.75) is 58.8 Å². The summed E-state index contributed by atoms with van der Waals surface area (Å²) in [5.41, 5.74) is 1.02. The van der Waals surface area contributed by atoms with Crippen LogP contribution in [0.3, 0.4) is 0 Å². The molecule has 1 aliphatic carbocycles. The predicted octanol–water partition coefficient (Wildman–Crippen LogP) is 3.68. The first-order valence-corrected chi connectivity index (χ1v) is 7.05. The number of carbonyl (C=O) groups is 1. The van der Waals surface area contributed by atoms with Crippen molar-refractivity contribution in [3.8, 4) is 0 Å². The highest BCUT2D eigenvalue weighted by atomic mass is 16.1. The molecule has 1 N–H and O–H groups in total. The number of hydrogen-bond acceptors (Lipinski definition) is 1. The first kappa shape index (κ1) is 14.3. The fourth-order valence-corrected chi connectivity index (χ4v) is 2.59. The molecule has 0 spiro atoms. The number of carbonyl (C=O) groups excluding carboxylic acids is 1. The lowest BCUT2D eigenvalue weighted by Crippen LogP contribution is -2.34. The third-order valence-electron chi connectivity index (χ3n) is 3.75. The third kappa shape index (κ3) is 5.38. The van der Waals surface area contributed by atoms with Crippen LogP contribution in [0, 0.1) is 11.8 Å². The molecular formula is C15H27NO. The van der Waals surface area contributed by atoms with Crippen LogP contribution in [0.1, 0.15) is 58.8 Å². The summed E-state index contributed by atoms with van der Waals surface area (Å²) in [6, 6.07) is 0. The normalized spacial score (nSPS) is 24.4. The largest absolute Gasteiger partial charge is 0.352 e. The Hall–Kier alpha value is -0.790. The quantitative estimate of drug-likeness (QED) is 0.702. The van der Waals surface area contributed by atoms with Crippen molar-refractivity contribution < 1.29 is 4.79 Å². The molecule has 0 aromatic rings. The molecule has 0 aromatic carbocycles. The van der Waals surface area contributed by atoms with Gasteiger partial charge >= 0.3 is 0 Å². The van der Waals surface area contributed by atoms with Gasteiger partial charge in [-0.2, -0.15) is 0 Å². The Morgan fingerprint density at radius 2 is 1.94 bits per heavy atom. The van der Waals surface area contributed by atoms with Gasteiger partial charge in [0.05, 0.1) is 0 Å². The van der Waals surface area contributed by atoms with Gasteiger partial charge in [0.15, 0.2) is 0 Å². The minimum absolute atomic E-state index is 0.238. The van der Waals surface area contributed by atoms with Crippen molar-refractivity contribution in [2.24, 2.45) is 11.8 Å². The molecule has 0 unspecified atom stereocenters. The van der Waals surface area contributed by atoms with E-state index in [1.807, 2.05) is 6.92 Å². The van der Waals surface area contributed by atoms with Crippen LogP contribution in [0.5, 0.6) is 0 Å². The van der Waals surface area contributed by atoms with E-state index in [4.69, 9.17) is 0 Å². The average Bonchev–Trinajstić information content (AvgIpc) is 2.34. The standard InChI is InChI=1S/C15H27NO/c1-4-5-6-13-7-9-14(10-8-13)15(17)16-11-12(2)3/h13-14H,2,4-11H2,1,3H3,(H,16,17). The SMILES string of the molecule is C=C(C)CNC(=O)C1CCC(CCCC)CC1. The van der Waals surface area contributed by atoms with Crippen molar-refractivity contribution in [1.82, 2.24) is 5.32 Å². The van der Waals surface area contributed by atoms with Crippen LogP contribution in [0.2, 0.25) is 0 Å². The molecule has 17 heavy (non-hydrogen) atoms. The molecule has 0 atom stereocenters. The van der Waals surface area contributed by atoms with E-state index < -0.39 is 0 Å². The molecule has 0 radical (unpaired) electrons. The van der Waals surface area contributed by atoms with Crippen molar-refractivity contribution in [3.05, 3.63) is 12.2 Å². The van der Waals surface area contributed by atoms with Gasteiger partial charge in [-0.1, -0.05) is 38.3 Å². The topological polar surface area (TPSA) is 29.1 Å². The summed E-state index contributed by atoms with van der Waals surface area (Å²) in [5.74, 6) is 1.37. The van der Waals surface area contributed by atoms with Gasteiger partial charge in [0.25, 0.3) is 0 Å². The molecule has 0 saturated heterocycles. The molecular weight excluding hydrogens is 210 g/mol. The highest BCUT2D eigenvalue weighted by Gasteiger charge is 2.25. The third-order valence-corrected chi connectivity index (χ3v) is 3.75. The number of unbranched alkanes of at least 4 members (excludes halogenated alkanes) is 1. The Morgan fingerprint density at radius 3 is 2.47 bits per heavy atom.